The zero-order chi connectivity index (χ0) is 34.9. The Hall–Kier alpha value is -6.82. The number of nitrogens with zero attached hydrogens (tertiary/aromatic N) is 4. The third kappa shape index (κ3) is 4.90. The first-order chi connectivity index (χ1) is 26.2. The van der Waals surface area contributed by atoms with Crippen molar-refractivity contribution in [3.8, 4) is 45.3 Å². The standard InChI is InChI=1S/C48H30N4S/c1-4-13-31(14-5-1)41-28-42(32-15-6-2-7-16-32)50-48(49-41)34-17-12-20-36(25-34)52-44-29-43-33(23-24-51(43)35-18-8-3-9-19-35)26-38(44)39-27-40-37-21-10-11-22-46(37)53-47(40)30-45(39)52/h1-30H. The van der Waals surface area contributed by atoms with Crippen LogP contribution in [0.5, 0.6) is 0 Å². The number of para-hydroxylation sites is 1. The minimum atomic E-state index is 0.695. The van der Waals surface area contributed by atoms with Gasteiger partial charge in [-0.25, -0.2) is 9.97 Å². The quantitative estimate of drug-likeness (QED) is 0.180. The van der Waals surface area contributed by atoms with E-state index in [9.17, 15) is 0 Å². The van der Waals surface area contributed by atoms with Gasteiger partial charge in [0.25, 0.3) is 0 Å². The Morgan fingerprint density at radius 1 is 0.396 bits per heavy atom. The van der Waals surface area contributed by atoms with Crippen LogP contribution < -0.4 is 0 Å². The summed E-state index contributed by atoms with van der Waals surface area (Å²) in [5.41, 5.74) is 10.6. The number of thiophene rings is 1. The summed E-state index contributed by atoms with van der Waals surface area (Å²) in [5.74, 6) is 0.695. The molecule has 4 heterocycles. The molecule has 11 aromatic rings. The van der Waals surface area contributed by atoms with Crippen LogP contribution in [0.15, 0.2) is 182 Å². The lowest BCUT2D eigenvalue weighted by atomic mass is 10.1. The van der Waals surface area contributed by atoms with Gasteiger partial charge in [-0.05, 0) is 66.7 Å². The Kier molecular flexibility index (Phi) is 6.69. The fourth-order valence-electron chi connectivity index (χ4n) is 7.83. The maximum atomic E-state index is 5.17. The monoisotopic (exact) mass is 694 g/mol. The highest BCUT2D eigenvalue weighted by atomic mass is 32.1. The second-order valence-electron chi connectivity index (χ2n) is 13.5. The van der Waals surface area contributed by atoms with E-state index in [1.807, 2.05) is 23.5 Å². The van der Waals surface area contributed by atoms with Crippen LogP contribution in [0, 0.1) is 0 Å². The van der Waals surface area contributed by atoms with Crippen LogP contribution >= 0.6 is 11.3 Å². The molecule has 0 N–H and O–H groups in total. The third-order valence-corrected chi connectivity index (χ3v) is 11.5. The predicted molar refractivity (Wildman–Crippen MR) is 222 cm³/mol. The molecule has 0 unspecified atom stereocenters. The molecule has 53 heavy (non-hydrogen) atoms. The van der Waals surface area contributed by atoms with Crippen LogP contribution in [0.25, 0.3) is 98.2 Å². The molecule has 0 bridgehead atoms. The van der Waals surface area contributed by atoms with E-state index in [0.717, 1.165) is 45.0 Å². The fraction of sp³-hybridized carbons (Fsp3) is 0. The van der Waals surface area contributed by atoms with Crippen molar-refractivity contribution in [2.45, 2.75) is 0 Å². The van der Waals surface area contributed by atoms with Gasteiger partial charge in [-0.15, -0.1) is 11.3 Å². The van der Waals surface area contributed by atoms with Crippen LogP contribution in [-0.2, 0) is 0 Å². The van der Waals surface area contributed by atoms with E-state index in [-0.39, 0.29) is 0 Å². The molecule has 5 heteroatoms. The van der Waals surface area contributed by atoms with Crippen LogP contribution in [0.3, 0.4) is 0 Å². The first-order valence-corrected chi connectivity index (χ1v) is 18.6. The lowest BCUT2D eigenvalue weighted by Gasteiger charge is -2.12. The molecule has 0 aliphatic carbocycles. The van der Waals surface area contributed by atoms with Gasteiger partial charge in [-0.2, -0.15) is 0 Å². The molecule has 0 radical (unpaired) electrons. The molecule has 0 saturated carbocycles. The summed E-state index contributed by atoms with van der Waals surface area (Å²) in [7, 11) is 0. The second-order valence-corrected chi connectivity index (χ2v) is 14.6. The average molecular weight is 695 g/mol. The number of rotatable bonds is 5. The summed E-state index contributed by atoms with van der Waals surface area (Å²) in [6, 6.07) is 62.6. The summed E-state index contributed by atoms with van der Waals surface area (Å²) >= 11 is 1.86. The molecule has 4 aromatic heterocycles. The zero-order valence-corrected chi connectivity index (χ0v) is 29.3. The molecular formula is C48H30N4S. The fourth-order valence-corrected chi connectivity index (χ4v) is 8.95. The third-order valence-electron chi connectivity index (χ3n) is 10.3. The average Bonchev–Trinajstić information content (AvgIpc) is 3.91. The molecule has 4 nitrogen and oxygen atoms in total. The van der Waals surface area contributed by atoms with Crippen molar-refractivity contribution in [1.82, 2.24) is 19.1 Å². The van der Waals surface area contributed by atoms with Crippen molar-refractivity contribution in [2.24, 2.45) is 0 Å². The van der Waals surface area contributed by atoms with E-state index < -0.39 is 0 Å². The highest BCUT2D eigenvalue weighted by Crippen LogP contribution is 2.42. The number of hydrogen-bond donors (Lipinski definition) is 0. The van der Waals surface area contributed by atoms with Gasteiger partial charge >= 0.3 is 0 Å². The minimum Gasteiger partial charge on any atom is -0.316 e. The SMILES string of the molecule is c1ccc(-c2cc(-c3ccccc3)nc(-c3cccc(-n4c5cc6sc7ccccc7c6cc5c5cc6ccn(-c7ccccc7)c6cc54)c3)n2)cc1. The van der Waals surface area contributed by atoms with Crippen molar-refractivity contribution in [3.63, 3.8) is 0 Å². The van der Waals surface area contributed by atoms with Crippen molar-refractivity contribution in [1.29, 1.82) is 0 Å². The molecule has 248 valence electrons. The van der Waals surface area contributed by atoms with Crippen LogP contribution in [0.2, 0.25) is 0 Å². The van der Waals surface area contributed by atoms with Gasteiger partial charge in [0.05, 0.1) is 27.9 Å². The number of hydrogen-bond acceptors (Lipinski definition) is 3. The summed E-state index contributed by atoms with van der Waals surface area (Å²) in [6.07, 6.45) is 2.18. The van der Waals surface area contributed by atoms with Gasteiger partial charge in [0.1, 0.15) is 0 Å². The van der Waals surface area contributed by atoms with Crippen LogP contribution in [0.1, 0.15) is 0 Å². The molecular weight excluding hydrogens is 665 g/mol. The molecule has 11 rings (SSSR count). The van der Waals surface area contributed by atoms with Gasteiger partial charge in [0.15, 0.2) is 5.82 Å². The highest BCUT2D eigenvalue weighted by molar-refractivity contribution is 7.25. The highest BCUT2D eigenvalue weighted by Gasteiger charge is 2.19. The van der Waals surface area contributed by atoms with Gasteiger partial charge in [-0.1, -0.05) is 109 Å². The summed E-state index contributed by atoms with van der Waals surface area (Å²) < 4.78 is 7.30. The smallest absolute Gasteiger partial charge is 0.160 e. The van der Waals surface area contributed by atoms with Crippen molar-refractivity contribution in [3.05, 3.63) is 182 Å². The summed E-state index contributed by atoms with van der Waals surface area (Å²) in [4.78, 5) is 10.3. The number of fused-ring (bicyclic) bond motifs is 7. The Morgan fingerprint density at radius 3 is 1.77 bits per heavy atom. The largest absolute Gasteiger partial charge is 0.316 e. The molecule has 7 aromatic carbocycles. The van der Waals surface area contributed by atoms with Crippen molar-refractivity contribution in [2.75, 3.05) is 0 Å². The first-order valence-electron chi connectivity index (χ1n) is 17.8. The molecule has 0 aliphatic heterocycles. The van der Waals surface area contributed by atoms with Gasteiger partial charge < -0.3 is 9.13 Å². The Bertz CT molecular complexity index is 3100. The molecule has 0 amide bonds. The molecule has 0 spiro atoms. The van der Waals surface area contributed by atoms with Gasteiger partial charge in [0, 0.05) is 70.6 Å². The number of benzene rings is 7. The maximum absolute atomic E-state index is 5.17. The Balaban J connectivity index is 1.17. The van der Waals surface area contributed by atoms with Crippen molar-refractivity contribution >= 4 is 64.2 Å². The van der Waals surface area contributed by atoms with Crippen LogP contribution in [0.4, 0.5) is 0 Å². The van der Waals surface area contributed by atoms with Crippen molar-refractivity contribution < 1.29 is 0 Å². The Morgan fingerprint density at radius 2 is 1.02 bits per heavy atom. The Labute approximate surface area is 309 Å². The maximum Gasteiger partial charge on any atom is 0.160 e. The lowest BCUT2D eigenvalue weighted by Crippen LogP contribution is -1.98. The summed E-state index contributed by atoms with van der Waals surface area (Å²) in [6.45, 7) is 0. The van der Waals surface area contributed by atoms with Gasteiger partial charge in [-0.3, -0.25) is 0 Å². The van der Waals surface area contributed by atoms with Gasteiger partial charge in [0.2, 0.25) is 0 Å². The number of aromatic nitrogens is 4. The van der Waals surface area contributed by atoms with Crippen LogP contribution in [-0.4, -0.2) is 19.1 Å². The predicted octanol–water partition coefficient (Wildman–Crippen LogP) is 12.9. The van der Waals surface area contributed by atoms with E-state index >= 15 is 0 Å². The molecule has 0 saturated heterocycles. The topological polar surface area (TPSA) is 35.6 Å². The molecule has 0 fully saturated rings. The van der Waals surface area contributed by atoms with E-state index in [0.29, 0.717) is 5.82 Å². The normalized spacial score (nSPS) is 11.8. The molecule has 0 aliphatic rings. The van der Waals surface area contributed by atoms with E-state index in [2.05, 4.69) is 179 Å². The zero-order valence-electron chi connectivity index (χ0n) is 28.5. The van der Waals surface area contributed by atoms with E-state index in [1.165, 1.54) is 47.4 Å². The van der Waals surface area contributed by atoms with E-state index in [1.54, 1.807) is 0 Å². The molecule has 0 atom stereocenters. The lowest BCUT2D eigenvalue weighted by molar-refractivity contribution is 1.12. The first kappa shape index (κ1) is 29.9. The minimum absolute atomic E-state index is 0.695. The summed E-state index contributed by atoms with van der Waals surface area (Å²) in [5, 5.41) is 6.29. The second kappa shape index (κ2) is 11.9. The van der Waals surface area contributed by atoms with E-state index in [4.69, 9.17) is 9.97 Å².